The van der Waals surface area contributed by atoms with Gasteiger partial charge in [-0.05, 0) is 94.3 Å². The van der Waals surface area contributed by atoms with Crippen molar-refractivity contribution in [2.75, 3.05) is 0 Å². The maximum Gasteiger partial charge on any atom is 0.336 e. The van der Waals surface area contributed by atoms with Gasteiger partial charge in [-0.1, -0.05) is 48.5 Å². The minimum atomic E-state index is -0.894. The third-order valence-electron chi connectivity index (χ3n) is 11.5. The molecule has 4 rings (SSSR count). The Hall–Kier alpha value is -3.36. The summed E-state index contributed by atoms with van der Waals surface area (Å²) in [5.74, 6) is -0.0585. The topological polar surface area (TPSA) is 154 Å². The van der Waals surface area contributed by atoms with Gasteiger partial charge in [-0.15, -0.1) is 0 Å². The molecule has 0 aromatic carbocycles. The smallest absolute Gasteiger partial charge is 0.336 e. The molecule has 12 heteroatoms. The van der Waals surface area contributed by atoms with E-state index in [0.29, 0.717) is 44.9 Å². The lowest BCUT2D eigenvalue weighted by molar-refractivity contribution is -0.112. The van der Waals surface area contributed by atoms with Crippen molar-refractivity contribution in [3.8, 4) is 0 Å². The number of hydrogen-bond donors (Lipinski definition) is 1. The van der Waals surface area contributed by atoms with Crippen LogP contribution >= 0.6 is 0 Å². The van der Waals surface area contributed by atoms with Crippen LogP contribution in [0.15, 0.2) is 24.4 Å². The molecule has 1 N–H and O–H groups in total. The lowest BCUT2D eigenvalue weighted by Gasteiger charge is -2.50. The Balaban J connectivity index is 2.05. The Bertz CT molecular complexity index is 1660. The molecule has 12 nitrogen and oxygen atoms in total. The molecule has 1 amide bonds. The van der Waals surface area contributed by atoms with Crippen LogP contribution in [0.4, 0.5) is 0 Å². The third kappa shape index (κ3) is 6.56. The highest BCUT2D eigenvalue weighted by atomic mass is 16.2. The van der Waals surface area contributed by atoms with Crippen LogP contribution in [-0.4, -0.2) is 48.9 Å². The van der Waals surface area contributed by atoms with E-state index in [0.717, 1.165) is 0 Å². The molecule has 3 fully saturated rings. The number of carbonyl (C=O) groups excluding carboxylic acids is 3. The zero-order valence-electron chi connectivity index (χ0n) is 29.2. The molecule has 3 saturated carbocycles. The molecule has 254 valence electrons. The number of carbonyl (C=O) groups is 1. The van der Waals surface area contributed by atoms with E-state index in [1.165, 1.54) is 13.7 Å². The molecule has 0 radical (unpaired) electrons. The van der Waals surface area contributed by atoms with Crippen molar-refractivity contribution in [2.45, 2.75) is 155 Å². The Morgan fingerprint density at radius 2 is 1.13 bits per heavy atom. The van der Waals surface area contributed by atoms with Gasteiger partial charge in [-0.2, -0.15) is 9.98 Å². The molecule has 3 aliphatic carbocycles. The second-order valence-corrected chi connectivity index (χ2v) is 17.6. The third-order valence-corrected chi connectivity index (χ3v) is 11.5. The first kappa shape index (κ1) is 35.5. The average molecular weight is 641 g/mol. The summed E-state index contributed by atoms with van der Waals surface area (Å²) in [7, 11) is 0. The van der Waals surface area contributed by atoms with Crippen LogP contribution in [0.25, 0.3) is 0 Å². The van der Waals surface area contributed by atoms with E-state index in [2.05, 4.69) is 15.3 Å². The van der Waals surface area contributed by atoms with Gasteiger partial charge >= 0.3 is 17.1 Å². The average Bonchev–Trinajstić information content (AvgIpc) is 2.85. The first-order chi connectivity index (χ1) is 21.1. The van der Waals surface area contributed by atoms with Crippen molar-refractivity contribution in [1.82, 2.24) is 19.0 Å². The van der Waals surface area contributed by atoms with Crippen molar-refractivity contribution in [3.05, 3.63) is 31.5 Å². The first-order valence-corrected chi connectivity index (χ1v) is 16.4. The van der Waals surface area contributed by atoms with Gasteiger partial charge in [0.2, 0.25) is 18.6 Å². The summed E-state index contributed by atoms with van der Waals surface area (Å²) >= 11 is 0. The number of rotatable bonds is 7. The van der Waals surface area contributed by atoms with Gasteiger partial charge in [0.15, 0.2) is 0 Å². The van der Waals surface area contributed by atoms with E-state index in [-0.39, 0.29) is 29.6 Å². The van der Waals surface area contributed by atoms with E-state index in [4.69, 9.17) is 0 Å². The summed E-state index contributed by atoms with van der Waals surface area (Å²) in [6.07, 6.45) is 7.49. The summed E-state index contributed by atoms with van der Waals surface area (Å²) in [4.78, 5) is 87.1. The van der Waals surface area contributed by atoms with Crippen molar-refractivity contribution in [1.29, 1.82) is 0 Å². The van der Waals surface area contributed by atoms with E-state index in [9.17, 15) is 28.8 Å². The van der Waals surface area contributed by atoms with Crippen LogP contribution in [0.5, 0.6) is 0 Å². The molecule has 1 aromatic heterocycles. The zero-order chi connectivity index (χ0) is 34.7. The second-order valence-electron chi connectivity index (χ2n) is 17.6. The molecular formula is C34H52N6O6. The highest BCUT2D eigenvalue weighted by Crippen LogP contribution is 2.52. The van der Waals surface area contributed by atoms with Crippen molar-refractivity contribution >= 4 is 18.6 Å². The highest BCUT2D eigenvalue weighted by molar-refractivity contribution is 5.48. The molecule has 3 aliphatic rings. The predicted octanol–water partition coefficient (Wildman–Crippen LogP) is 4.37. The fourth-order valence-corrected chi connectivity index (χ4v) is 9.95. The molecule has 0 spiro atoms. The van der Waals surface area contributed by atoms with Gasteiger partial charge in [-0.3, -0.25) is 4.79 Å². The Labute approximate surface area is 270 Å². The summed E-state index contributed by atoms with van der Waals surface area (Å²) in [6.45, 7) is 19.8. The SMILES string of the molecule is CC1C(C)(C)CC(n2c(=O)n(C3CC(C)(C)CC(C)(N=C=O)C3)c(=O)n(C3CC(C)(C)CC(C)(NC=O)C3)c2=O)CC1(C)N=C=O. The van der Waals surface area contributed by atoms with Gasteiger partial charge in [0.05, 0.1) is 11.1 Å². The first-order valence-electron chi connectivity index (χ1n) is 16.4. The molecule has 46 heavy (non-hydrogen) atoms. The molecule has 7 unspecified atom stereocenters. The van der Waals surface area contributed by atoms with Crippen LogP contribution in [-0.2, 0) is 14.4 Å². The Morgan fingerprint density at radius 1 is 0.674 bits per heavy atom. The number of aliphatic imine (C=N–C) groups is 2. The van der Waals surface area contributed by atoms with E-state index >= 15 is 0 Å². The number of aromatic nitrogens is 3. The normalized spacial score (nSPS) is 36.5. The van der Waals surface area contributed by atoms with Crippen LogP contribution in [0, 0.1) is 22.2 Å². The van der Waals surface area contributed by atoms with E-state index in [1.54, 1.807) is 12.2 Å². The van der Waals surface area contributed by atoms with Crippen LogP contribution in [0.2, 0.25) is 0 Å². The molecule has 0 bridgehead atoms. The standard InChI is InChI=1S/C34H52N6O6/c1-22-31(6,7)13-25(16-34(22,10)37-21-43)40-27(45)38(23-11-29(2,3)17-32(8,14-23)35-19-41)26(44)39(28(40)46)24-12-30(4,5)18-33(9,15-24)36-20-42/h19,22-25H,11-18H2,1-10H3,(H,35,41). The Kier molecular flexibility index (Phi) is 9.03. The maximum absolute atomic E-state index is 14.7. The summed E-state index contributed by atoms with van der Waals surface area (Å²) < 4.78 is 3.68. The predicted molar refractivity (Wildman–Crippen MR) is 174 cm³/mol. The molecular weight excluding hydrogens is 588 g/mol. The molecule has 0 aliphatic heterocycles. The molecule has 0 saturated heterocycles. The van der Waals surface area contributed by atoms with E-state index < -0.39 is 57.2 Å². The van der Waals surface area contributed by atoms with Crippen molar-refractivity contribution in [2.24, 2.45) is 32.1 Å². The Morgan fingerprint density at radius 3 is 1.61 bits per heavy atom. The van der Waals surface area contributed by atoms with Crippen molar-refractivity contribution in [3.63, 3.8) is 0 Å². The fraction of sp³-hybridized carbons (Fsp3) is 0.824. The summed E-state index contributed by atoms with van der Waals surface area (Å²) in [5, 5.41) is 2.93. The van der Waals surface area contributed by atoms with Crippen LogP contribution < -0.4 is 22.4 Å². The quantitative estimate of drug-likeness (QED) is 0.265. The van der Waals surface area contributed by atoms with Crippen LogP contribution in [0.3, 0.4) is 0 Å². The van der Waals surface area contributed by atoms with Gasteiger partial charge in [0.25, 0.3) is 0 Å². The number of hydrogen-bond acceptors (Lipinski definition) is 8. The molecule has 1 aromatic rings. The van der Waals surface area contributed by atoms with Gasteiger partial charge in [-0.25, -0.2) is 37.7 Å². The highest BCUT2D eigenvalue weighted by Gasteiger charge is 2.51. The summed E-state index contributed by atoms with van der Waals surface area (Å²) in [6, 6.07) is -1.90. The minimum absolute atomic E-state index is 0.0585. The number of isocyanates is 2. The largest absolute Gasteiger partial charge is 0.353 e. The van der Waals surface area contributed by atoms with E-state index in [1.807, 2.05) is 69.2 Å². The maximum atomic E-state index is 14.7. The number of amides is 1. The summed E-state index contributed by atoms with van der Waals surface area (Å²) in [5.41, 5.74) is -5.67. The van der Waals surface area contributed by atoms with Crippen LogP contribution in [0.1, 0.15) is 139 Å². The number of nitrogens with one attached hydrogen (secondary N) is 1. The van der Waals surface area contributed by atoms with Gasteiger partial charge < -0.3 is 5.32 Å². The fourth-order valence-electron chi connectivity index (χ4n) is 9.95. The minimum Gasteiger partial charge on any atom is -0.353 e. The molecule has 7 atom stereocenters. The lowest BCUT2D eigenvalue weighted by atomic mass is 9.60. The molecule has 1 heterocycles. The van der Waals surface area contributed by atoms with Gasteiger partial charge in [0.1, 0.15) is 0 Å². The van der Waals surface area contributed by atoms with Gasteiger partial charge in [0, 0.05) is 23.7 Å². The lowest BCUT2D eigenvalue weighted by Crippen LogP contribution is -2.62. The second kappa shape index (κ2) is 11.7. The monoisotopic (exact) mass is 640 g/mol. The van der Waals surface area contributed by atoms with Crippen molar-refractivity contribution < 1.29 is 14.4 Å². The zero-order valence-corrected chi connectivity index (χ0v) is 29.2. The number of nitrogens with zero attached hydrogens (tertiary/aromatic N) is 5.